The molecule has 1 aromatic carbocycles. The Bertz CT molecular complexity index is 463. The van der Waals surface area contributed by atoms with E-state index in [2.05, 4.69) is 5.32 Å². The quantitative estimate of drug-likeness (QED) is 0.720. The molecule has 0 spiro atoms. The van der Waals surface area contributed by atoms with Crippen LogP contribution in [-0.2, 0) is 9.59 Å². The van der Waals surface area contributed by atoms with Crippen molar-refractivity contribution < 1.29 is 19.8 Å². The molecule has 2 atom stereocenters. The van der Waals surface area contributed by atoms with Gasteiger partial charge in [0.15, 0.2) is 0 Å². The van der Waals surface area contributed by atoms with E-state index in [1.807, 2.05) is 30.3 Å². The number of amides is 1. The average molecular weight is 264 g/mol. The lowest BCUT2D eigenvalue weighted by Gasteiger charge is -2.21. The number of carboxylic acids is 1. The lowest BCUT2D eigenvalue weighted by atomic mass is 10.2. The summed E-state index contributed by atoms with van der Waals surface area (Å²) in [7, 11) is 0. The summed E-state index contributed by atoms with van der Waals surface area (Å²) in [6.45, 7) is 0.0901. The molecule has 1 saturated heterocycles. The van der Waals surface area contributed by atoms with Crippen molar-refractivity contribution in [3.8, 4) is 0 Å². The van der Waals surface area contributed by atoms with E-state index in [0.29, 0.717) is 0 Å². The predicted molar refractivity (Wildman–Crippen MR) is 68.7 cm³/mol. The maximum Gasteiger partial charge on any atom is 0.326 e. The highest BCUT2D eigenvalue weighted by Crippen LogP contribution is 2.18. The summed E-state index contributed by atoms with van der Waals surface area (Å²) in [5.74, 6) is -1.41. The van der Waals surface area contributed by atoms with Crippen molar-refractivity contribution in [2.75, 3.05) is 18.4 Å². The Hall–Kier alpha value is -2.08. The van der Waals surface area contributed by atoms with Gasteiger partial charge in [-0.05, 0) is 12.1 Å². The Morgan fingerprint density at radius 2 is 2.00 bits per heavy atom. The van der Waals surface area contributed by atoms with E-state index in [-0.39, 0.29) is 25.4 Å². The summed E-state index contributed by atoms with van der Waals surface area (Å²) >= 11 is 0. The van der Waals surface area contributed by atoms with Crippen LogP contribution in [0.1, 0.15) is 6.42 Å². The largest absolute Gasteiger partial charge is 0.480 e. The Kier molecular flexibility index (Phi) is 4.01. The molecule has 0 unspecified atom stereocenters. The van der Waals surface area contributed by atoms with Gasteiger partial charge in [0.05, 0.1) is 12.6 Å². The van der Waals surface area contributed by atoms with E-state index >= 15 is 0 Å². The van der Waals surface area contributed by atoms with Crippen LogP contribution in [0, 0.1) is 0 Å². The van der Waals surface area contributed by atoms with Gasteiger partial charge in [-0.2, -0.15) is 0 Å². The van der Waals surface area contributed by atoms with Gasteiger partial charge in [-0.1, -0.05) is 18.2 Å². The molecule has 6 heteroatoms. The van der Waals surface area contributed by atoms with Crippen molar-refractivity contribution in [2.45, 2.75) is 18.6 Å². The minimum absolute atomic E-state index is 0.0144. The average Bonchev–Trinajstić information content (AvgIpc) is 2.79. The fourth-order valence-corrected chi connectivity index (χ4v) is 2.16. The summed E-state index contributed by atoms with van der Waals surface area (Å²) in [6, 6.07) is 8.25. The molecule has 6 nitrogen and oxygen atoms in total. The number of nitrogens with zero attached hydrogens (tertiary/aromatic N) is 1. The Balaban J connectivity index is 1.94. The maximum absolute atomic E-state index is 12.0. The first-order chi connectivity index (χ1) is 9.08. The summed E-state index contributed by atoms with van der Waals surface area (Å²) in [4.78, 5) is 24.2. The van der Waals surface area contributed by atoms with Gasteiger partial charge >= 0.3 is 5.97 Å². The molecule has 19 heavy (non-hydrogen) atoms. The second-order valence-corrected chi connectivity index (χ2v) is 4.51. The smallest absolute Gasteiger partial charge is 0.326 e. The fourth-order valence-electron chi connectivity index (χ4n) is 2.16. The van der Waals surface area contributed by atoms with Crippen LogP contribution < -0.4 is 5.32 Å². The molecule has 0 aromatic heterocycles. The number of β-amino-alcohol motifs (C(OH)–C–C–N with tert-alkyl or cyclic N) is 1. The van der Waals surface area contributed by atoms with Crippen molar-refractivity contribution in [3.05, 3.63) is 30.3 Å². The van der Waals surface area contributed by atoms with Gasteiger partial charge < -0.3 is 20.4 Å². The molecule has 1 heterocycles. The van der Waals surface area contributed by atoms with Gasteiger partial charge in [0, 0.05) is 18.7 Å². The van der Waals surface area contributed by atoms with Crippen molar-refractivity contribution in [1.29, 1.82) is 0 Å². The van der Waals surface area contributed by atoms with Gasteiger partial charge in [-0.25, -0.2) is 4.79 Å². The highest BCUT2D eigenvalue weighted by molar-refractivity contribution is 5.87. The van der Waals surface area contributed by atoms with Crippen molar-refractivity contribution in [2.24, 2.45) is 0 Å². The number of para-hydroxylation sites is 1. The number of hydrogen-bond acceptors (Lipinski definition) is 4. The molecule has 1 amide bonds. The topological polar surface area (TPSA) is 89.9 Å². The highest BCUT2D eigenvalue weighted by Gasteiger charge is 2.38. The van der Waals surface area contributed by atoms with Gasteiger partial charge in [-0.15, -0.1) is 0 Å². The van der Waals surface area contributed by atoms with E-state index in [1.165, 1.54) is 4.90 Å². The van der Waals surface area contributed by atoms with Crippen molar-refractivity contribution in [1.82, 2.24) is 4.90 Å². The first kappa shape index (κ1) is 13.4. The third-order valence-electron chi connectivity index (χ3n) is 3.10. The molecule has 0 saturated carbocycles. The number of likely N-dealkylation sites (tertiary alicyclic amines) is 1. The standard InChI is InChI=1S/C13H16N2O4/c16-10-6-11(13(18)19)15(8-10)12(17)7-14-9-4-2-1-3-5-9/h1-5,10-11,14,16H,6-8H2,(H,18,19)/t10-,11-/m1/s1. The Morgan fingerprint density at radius 3 is 2.63 bits per heavy atom. The van der Waals surface area contributed by atoms with E-state index in [4.69, 9.17) is 5.11 Å². The fraction of sp³-hybridized carbons (Fsp3) is 0.385. The number of hydrogen-bond donors (Lipinski definition) is 3. The number of aliphatic carboxylic acids is 1. The second kappa shape index (κ2) is 5.71. The van der Waals surface area contributed by atoms with Crippen LogP contribution in [0.5, 0.6) is 0 Å². The third-order valence-corrected chi connectivity index (χ3v) is 3.10. The predicted octanol–water partition coefficient (Wildman–Crippen LogP) is 0.145. The number of carboxylic acid groups (broad SMARTS) is 1. The first-order valence-corrected chi connectivity index (χ1v) is 6.07. The molecular weight excluding hydrogens is 248 g/mol. The van der Waals surface area contributed by atoms with Crippen LogP contribution in [0.2, 0.25) is 0 Å². The van der Waals surface area contributed by atoms with Crippen LogP contribution in [0.3, 0.4) is 0 Å². The van der Waals surface area contributed by atoms with E-state index in [1.54, 1.807) is 0 Å². The molecule has 102 valence electrons. The molecular formula is C13H16N2O4. The SMILES string of the molecule is O=C(O)[C@H]1C[C@@H](O)CN1C(=O)CNc1ccccc1. The summed E-state index contributed by atoms with van der Waals surface area (Å²) in [5.41, 5.74) is 0.794. The number of carbonyl (C=O) groups excluding carboxylic acids is 1. The maximum atomic E-state index is 12.0. The number of benzene rings is 1. The number of aliphatic hydroxyl groups is 1. The van der Waals surface area contributed by atoms with E-state index < -0.39 is 18.1 Å². The summed E-state index contributed by atoms with van der Waals surface area (Å²) < 4.78 is 0. The summed E-state index contributed by atoms with van der Waals surface area (Å²) in [6.07, 6.45) is -0.673. The van der Waals surface area contributed by atoms with Crippen LogP contribution in [-0.4, -0.2) is 52.2 Å². The van der Waals surface area contributed by atoms with Crippen molar-refractivity contribution >= 4 is 17.6 Å². The van der Waals surface area contributed by atoms with Crippen molar-refractivity contribution in [3.63, 3.8) is 0 Å². The number of anilines is 1. The zero-order chi connectivity index (χ0) is 13.8. The van der Waals surface area contributed by atoms with Gasteiger partial charge in [0.1, 0.15) is 6.04 Å². The molecule has 1 aliphatic rings. The minimum Gasteiger partial charge on any atom is -0.480 e. The van der Waals surface area contributed by atoms with Crippen LogP contribution in [0.25, 0.3) is 0 Å². The number of carbonyl (C=O) groups is 2. The summed E-state index contributed by atoms with van der Waals surface area (Å²) in [5, 5.41) is 21.4. The molecule has 1 aromatic rings. The molecule has 0 radical (unpaired) electrons. The zero-order valence-corrected chi connectivity index (χ0v) is 10.3. The third kappa shape index (κ3) is 3.23. The van der Waals surface area contributed by atoms with Gasteiger partial charge in [0.2, 0.25) is 5.91 Å². The zero-order valence-electron chi connectivity index (χ0n) is 10.3. The molecule has 3 N–H and O–H groups in total. The normalized spacial score (nSPS) is 22.3. The number of rotatable bonds is 4. The van der Waals surface area contributed by atoms with Crippen LogP contribution in [0.4, 0.5) is 5.69 Å². The lowest BCUT2D eigenvalue weighted by Crippen LogP contribution is -2.43. The number of nitrogens with one attached hydrogen (secondary N) is 1. The van der Waals surface area contributed by atoms with Gasteiger partial charge in [0.25, 0.3) is 0 Å². The number of aliphatic hydroxyl groups excluding tert-OH is 1. The van der Waals surface area contributed by atoms with Crippen LogP contribution in [0.15, 0.2) is 30.3 Å². The molecule has 2 rings (SSSR count). The lowest BCUT2D eigenvalue weighted by molar-refractivity contribution is -0.147. The molecule has 1 fully saturated rings. The highest BCUT2D eigenvalue weighted by atomic mass is 16.4. The van der Waals surface area contributed by atoms with E-state index in [9.17, 15) is 14.7 Å². The second-order valence-electron chi connectivity index (χ2n) is 4.51. The monoisotopic (exact) mass is 264 g/mol. The Labute approximate surface area is 110 Å². The first-order valence-electron chi connectivity index (χ1n) is 6.07. The van der Waals surface area contributed by atoms with Gasteiger partial charge in [-0.3, -0.25) is 4.79 Å². The van der Waals surface area contributed by atoms with E-state index in [0.717, 1.165) is 5.69 Å². The molecule has 1 aliphatic heterocycles. The molecule has 0 aliphatic carbocycles. The Morgan fingerprint density at radius 1 is 1.32 bits per heavy atom. The minimum atomic E-state index is -1.08. The van der Waals surface area contributed by atoms with Crippen LogP contribution >= 0.6 is 0 Å². The molecule has 0 bridgehead atoms.